The lowest BCUT2D eigenvalue weighted by atomic mass is 10.0. The van der Waals surface area contributed by atoms with Crippen molar-refractivity contribution in [1.29, 1.82) is 0 Å². The quantitative estimate of drug-likeness (QED) is 0.818. The summed E-state index contributed by atoms with van der Waals surface area (Å²) in [6.07, 6.45) is 7.24. The number of hydrogen-bond acceptors (Lipinski definition) is 3. The van der Waals surface area contributed by atoms with Gasteiger partial charge in [-0.3, -0.25) is 9.78 Å². The number of nitrogens with zero attached hydrogens (tertiary/aromatic N) is 2. The van der Waals surface area contributed by atoms with E-state index in [2.05, 4.69) is 48.4 Å². The normalized spacial score (nSPS) is 17.7. The fourth-order valence-electron chi connectivity index (χ4n) is 3.23. The predicted molar refractivity (Wildman–Crippen MR) is 107 cm³/mol. The Bertz CT molecular complexity index is 738. The first-order chi connectivity index (χ1) is 12.6. The van der Waals surface area contributed by atoms with Crippen LogP contribution < -0.4 is 5.32 Å². The van der Waals surface area contributed by atoms with Crippen LogP contribution in [0, 0.1) is 0 Å². The van der Waals surface area contributed by atoms with Gasteiger partial charge >= 0.3 is 0 Å². The minimum atomic E-state index is 0.0531. The molecule has 1 saturated heterocycles. The number of carbonyl (C=O) groups excluding carboxylic acids is 1. The second kappa shape index (κ2) is 8.65. The van der Waals surface area contributed by atoms with Crippen LogP contribution in [0.1, 0.15) is 43.9 Å². The van der Waals surface area contributed by atoms with Gasteiger partial charge in [0.05, 0.1) is 5.69 Å². The van der Waals surface area contributed by atoms with E-state index >= 15 is 0 Å². The summed E-state index contributed by atoms with van der Waals surface area (Å²) in [4.78, 5) is 18.6. The zero-order valence-electron chi connectivity index (χ0n) is 15.6. The molecule has 0 aliphatic carbocycles. The highest BCUT2D eigenvalue weighted by Crippen LogP contribution is 2.20. The molecule has 0 bridgehead atoms. The molecule has 4 heteroatoms. The first kappa shape index (κ1) is 18.2. The summed E-state index contributed by atoms with van der Waals surface area (Å²) in [6, 6.07) is 14.6. The predicted octanol–water partition coefficient (Wildman–Crippen LogP) is 4.32. The third kappa shape index (κ3) is 4.94. The van der Waals surface area contributed by atoms with Gasteiger partial charge in [0.15, 0.2) is 0 Å². The highest BCUT2D eigenvalue weighted by Gasteiger charge is 2.22. The fourth-order valence-corrected chi connectivity index (χ4v) is 3.23. The summed E-state index contributed by atoms with van der Waals surface area (Å²) in [7, 11) is 0. The number of rotatable bonds is 5. The molecule has 0 saturated carbocycles. The van der Waals surface area contributed by atoms with Gasteiger partial charge in [-0.1, -0.05) is 32.0 Å². The fraction of sp³-hybridized carbons (Fsp3) is 0.364. The van der Waals surface area contributed by atoms with Gasteiger partial charge in [-0.15, -0.1) is 0 Å². The average molecular weight is 349 g/mol. The van der Waals surface area contributed by atoms with Crippen LogP contribution in [0.15, 0.2) is 54.7 Å². The summed E-state index contributed by atoms with van der Waals surface area (Å²) in [5, 5.41) is 3.58. The number of carbonyl (C=O) groups is 1. The van der Waals surface area contributed by atoms with Gasteiger partial charge in [0, 0.05) is 37.1 Å². The molecule has 0 unspecified atom stereocenters. The molecule has 136 valence electrons. The van der Waals surface area contributed by atoms with Gasteiger partial charge in [0.1, 0.15) is 0 Å². The monoisotopic (exact) mass is 349 g/mol. The van der Waals surface area contributed by atoms with Gasteiger partial charge in [-0.2, -0.15) is 0 Å². The molecule has 26 heavy (non-hydrogen) atoms. The topological polar surface area (TPSA) is 45.2 Å². The Hall–Kier alpha value is -2.62. The summed E-state index contributed by atoms with van der Waals surface area (Å²) in [6.45, 7) is 5.95. The Morgan fingerprint density at radius 3 is 2.73 bits per heavy atom. The van der Waals surface area contributed by atoms with Crippen LogP contribution >= 0.6 is 0 Å². The molecule has 4 nitrogen and oxygen atoms in total. The molecular formula is C22H27N3O. The van der Waals surface area contributed by atoms with Crippen molar-refractivity contribution in [3.63, 3.8) is 0 Å². The van der Waals surface area contributed by atoms with Crippen molar-refractivity contribution < 1.29 is 4.79 Å². The number of nitrogens with one attached hydrogen (secondary N) is 1. The molecule has 1 aliphatic rings. The number of likely N-dealkylation sites (tertiary alicyclic amines) is 1. The maximum absolute atomic E-state index is 12.5. The summed E-state index contributed by atoms with van der Waals surface area (Å²) in [5.74, 6) is 0.593. The summed E-state index contributed by atoms with van der Waals surface area (Å²) < 4.78 is 0. The maximum atomic E-state index is 12.5. The second-order valence-corrected chi connectivity index (χ2v) is 7.13. The van der Waals surface area contributed by atoms with E-state index in [-0.39, 0.29) is 5.91 Å². The van der Waals surface area contributed by atoms with Crippen molar-refractivity contribution in [2.75, 3.05) is 18.4 Å². The molecule has 1 atom stereocenters. The van der Waals surface area contributed by atoms with Gasteiger partial charge in [-0.05, 0) is 54.7 Å². The lowest BCUT2D eigenvalue weighted by molar-refractivity contribution is -0.126. The average Bonchev–Trinajstić information content (AvgIpc) is 2.67. The molecule has 1 N–H and O–H groups in total. The SMILES string of the molecule is CC(C)c1ccc(N[C@H]2CCCN(C(=O)/C=C/c3ccccn3)C2)cc1. The Morgan fingerprint density at radius 1 is 1.23 bits per heavy atom. The molecular weight excluding hydrogens is 322 g/mol. The highest BCUT2D eigenvalue weighted by molar-refractivity contribution is 5.91. The zero-order valence-corrected chi connectivity index (χ0v) is 15.6. The third-order valence-electron chi connectivity index (χ3n) is 4.77. The van der Waals surface area contributed by atoms with Crippen molar-refractivity contribution in [2.24, 2.45) is 0 Å². The van der Waals surface area contributed by atoms with Crippen LogP contribution in [-0.4, -0.2) is 34.9 Å². The molecule has 1 aliphatic heterocycles. The zero-order chi connectivity index (χ0) is 18.4. The van der Waals surface area contributed by atoms with Gasteiger partial charge in [-0.25, -0.2) is 0 Å². The van der Waals surface area contributed by atoms with E-state index in [1.54, 1.807) is 18.3 Å². The van der Waals surface area contributed by atoms with E-state index in [0.717, 1.165) is 37.3 Å². The van der Waals surface area contributed by atoms with E-state index in [9.17, 15) is 4.79 Å². The van der Waals surface area contributed by atoms with E-state index < -0.39 is 0 Å². The molecule has 1 aromatic carbocycles. The van der Waals surface area contributed by atoms with Crippen LogP contribution in [0.5, 0.6) is 0 Å². The van der Waals surface area contributed by atoms with Gasteiger partial charge < -0.3 is 10.2 Å². The van der Waals surface area contributed by atoms with Crippen molar-refractivity contribution in [2.45, 2.75) is 38.6 Å². The number of pyridine rings is 1. The van der Waals surface area contributed by atoms with Gasteiger partial charge in [0.2, 0.25) is 5.91 Å². The van der Waals surface area contributed by atoms with E-state index in [0.29, 0.717) is 12.0 Å². The Kier molecular flexibility index (Phi) is 6.05. The molecule has 2 aromatic rings. The van der Waals surface area contributed by atoms with Crippen LogP contribution in [0.2, 0.25) is 0 Å². The minimum absolute atomic E-state index is 0.0531. The molecule has 2 heterocycles. The third-order valence-corrected chi connectivity index (χ3v) is 4.77. The number of benzene rings is 1. The van der Waals surface area contributed by atoms with Crippen molar-refractivity contribution in [3.8, 4) is 0 Å². The van der Waals surface area contributed by atoms with Crippen molar-refractivity contribution in [1.82, 2.24) is 9.88 Å². The van der Waals surface area contributed by atoms with Crippen molar-refractivity contribution >= 4 is 17.7 Å². The Balaban J connectivity index is 1.56. The molecule has 3 rings (SSSR count). The summed E-state index contributed by atoms with van der Waals surface area (Å²) >= 11 is 0. The number of piperidine rings is 1. The van der Waals surface area contributed by atoms with Gasteiger partial charge in [0.25, 0.3) is 0 Å². The number of hydrogen-bond donors (Lipinski definition) is 1. The Labute approximate surface area is 155 Å². The first-order valence-corrected chi connectivity index (χ1v) is 9.36. The van der Waals surface area contributed by atoms with Crippen LogP contribution in [0.3, 0.4) is 0 Å². The van der Waals surface area contributed by atoms with Crippen LogP contribution in [-0.2, 0) is 4.79 Å². The van der Waals surface area contributed by atoms with Crippen LogP contribution in [0.25, 0.3) is 6.08 Å². The number of amides is 1. The smallest absolute Gasteiger partial charge is 0.246 e. The molecule has 1 fully saturated rings. The van der Waals surface area contributed by atoms with Crippen molar-refractivity contribution in [3.05, 3.63) is 66.0 Å². The van der Waals surface area contributed by atoms with Crippen LogP contribution in [0.4, 0.5) is 5.69 Å². The molecule has 1 amide bonds. The minimum Gasteiger partial charge on any atom is -0.381 e. The maximum Gasteiger partial charge on any atom is 0.246 e. The standard InChI is InChI=1S/C22H27N3O/c1-17(2)18-8-10-20(11-9-18)24-21-7-5-15-25(16-21)22(26)13-12-19-6-3-4-14-23-19/h3-4,6,8-14,17,21,24H,5,7,15-16H2,1-2H3/b13-12+/t21-/m0/s1. The number of aromatic nitrogens is 1. The largest absolute Gasteiger partial charge is 0.381 e. The van der Waals surface area contributed by atoms with E-state index in [1.165, 1.54) is 5.56 Å². The van der Waals surface area contributed by atoms with E-state index in [4.69, 9.17) is 0 Å². The lowest BCUT2D eigenvalue weighted by Crippen LogP contribution is -2.44. The second-order valence-electron chi connectivity index (χ2n) is 7.13. The number of anilines is 1. The van der Waals surface area contributed by atoms with E-state index in [1.807, 2.05) is 23.1 Å². The highest BCUT2D eigenvalue weighted by atomic mass is 16.2. The Morgan fingerprint density at radius 2 is 2.04 bits per heavy atom. The molecule has 0 radical (unpaired) electrons. The molecule has 0 spiro atoms. The lowest BCUT2D eigenvalue weighted by Gasteiger charge is -2.33. The first-order valence-electron chi connectivity index (χ1n) is 9.36. The summed E-state index contributed by atoms with van der Waals surface area (Å²) in [5.41, 5.74) is 3.27. The molecule has 1 aromatic heterocycles.